The Kier molecular flexibility index (Phi) is 4.24. The van der Waals surface area contributed by atoms with Crippen molar-refractivity contribution in [2.75, 3.05) is 0 Å². The first kappa shape index (κ1) is 17.7. The normalized spacial score (nSPS) is 13.7. The minimum Gasteiger partial charge on any atom is -0.262 e. The summed E-state index contributed by atoms with van der Waals surface area (Å²) >= 11 is 0. The molecule has 0 atom stereocenters. The highest BCUT2D eigenvalue weighted by Crippen LogP contribution is 2.51. The number of aryl methyl sites for hydroxylation is 2. The van der Waals surface area contributed by atoms with Gasteiger partial charge < -0.3 is 0 Å². The number of pyridine rings is 3. The molecule has 0 spiro atoms. The van der Waals surface area contributed by atoms with Crippen LogP contribution in [0.15, 0.2) is 79.3 Å². The van der Waals surface area contributed by atoms with Crippen LogP contribution in [-0.4, -0.2) is 15.0 Å². The van der Waals surface area contributed by atoms with Crippen LogP contribution in [0.2, 0.25) is 0 Å². The molecule has 3 nitrogen and oxygen atoms in total. The van der Waals surface area contributed by atoms with Crippen molar-refractivity contribution in [1.29, 1.82) is 0 Å². The van der Waals surface area contributed by atoms with Crippen molar-refractivity contribution < 1.29 is 0 Å². The topological polar surface area (TPSA) is 38.7 Å². The predicted octanol–water partition coefficient (Wildman–Crippen LogP) is 5.24. The molecular formula is C26H23N3. The van der Waals surface area contributed by atoms with Crippen molar-refractivity contribution in [2.24, 2.45) is 0 Å². The monoisotopic (exact) mass is 377 g/mol. The summed E-state index contributed by atoms with van der Waals surface area (Å²) in [4.78, 5) is 13.6. The Balaban J connectivity index is 1.74. The van der Waals surface area contributed by atoms with E-state index < -0.39 is 0 Å². The molecule has 29 heavy (non-hydrogen) atoms. The van der Waals surface area contributed by atoms with Crippen molar-refractivity contribution in [3.63, 3.8) is 0 Å². The number of hydrogen-bond acceptors (Lipinski definition) is 3. The summed E-state index contributed by atoms with van der Waals surface area (Å²) < 4.78 is 0. The first-order valence-electron chi connectivity index (χ1n) is 10.0. The van der Waals surface area contributed by atoms with Gasteiger partial charge in [-0.15, -0.1) is 0 Å². The van der Waals surface area contributed by atoms with Gasteiger partial charge in [-0.2, -0.15) is 0 Å². The third kappa shape index (κ3) is 3.03. The Labute approximate surface area is 171 Å². The Morgan fingerprint density at radius 2 is 1.28 bits per heavy atom. The quantitative estimate of drug-likeness (QED) is 0.488. The highest BCUT2D eigenvalue weighted by molar-refractivity contribution is 5.78. The van der Waals surface area contributed by atoms with Gasteiger partial charge in [-0.25, -0.2) is 0 Å². The van der Waals surface area contributed by atoms with Crippen LogP contribution in [0, 0.1) is 13.8 Å². The third-order valence-electron chi connectivity index (χ3n) is 5.95. The van der Waals surface area contributed by atoms with E-state index in [2.05, 4.69) is 84.5 Å². The van der Waals surface area contributed by atoms with Gasteiger partial charge in [-0.3, -0.25) is 15.0 Å². The SMILES string of the molecule is Cc1cc(CC2(Cc3ccnc(C)c3)c3ccccc3-c3ncccc32)ccn1. The largest absolute Gasteiger partial charge is 0.262 e. The summed E-state index contributed by atoms with van der Waals surface area (Å²) in [5.41, 5.74) is 9.57. The number of hydrogen-bond donors (Lipinski definition) is 0. The molecule has 0 saturated heterocycles. The molecule has 5 rings (SSSR count). The summed E-state index contributed by atoms with van der Waals surface area (Å²) in [7, 11) is 0. The molecule has 142 valence electrons. The number of aromatic nitrogens is 3. The van der Waals surface area contributed by atoms with Gasteiger partial charge in [0.1, 0.15) is 0 Å². The zero-order valence-electron chi connectivity index (χ0n) is 16.8. The van der Waals surface area contributed by atoms with Gasteiger partial charge in [-0.05, 0) is 79.3 Å². The van der Waals surface area contributed by atoms with E-state index in [4.69, 9.17) is 4.98 Å². The van der Waals surface area contributed by atoms with Gasteiger partial charge in [0.05, 0.1) is 5.69 Å². The summed E-state index contributed by atoms with van der Waals surface area (Å²) in [6.07, 6.45) is 7.56. The maximum absolute atomic E-state index is 4.79. The van der Waals surface area contributed by atoms with Crippen LogP contribution >= 0.6 is 0 Å². The Bertz CT molecular complexity index is 1100. The smallest absolute Gasteiger partial charge is 0.0746 e. The second-order valence-electron chi connectivity index (χ2n) is 7.99. The molecule has 0 amide bonds. The zero-order valence-corrected chi connectivity index (χ0v) is 16.8. The maximum Gasteiger partial charge on any atom is 0.0746 e. The van der Waals surface area contributed by atoms with Crippen LogP contribution in [0.5, 0.6) is 0 Å². The molecule has 0 unspecified atom stereocenters. The Morgan fingerprint density at radius 3 is 1.93 bits per heavy atom. The van der Waals surface area contributed by atoms with Crippen molar-refractivity contribution in [3.05, 3.63) is 113 Å². The molecule has 0 saturated carbocycles. The van der Waals surface area contributed by atoms with Crippen molar-refractivity contribution in [3.8, 4) is 11.3 Å². The van der Waals surface area contributed by atoms with E-state index in [1.165, 1.54) is 27.8 Å². The van der Waals surface area contributed by atoms with Crippen LogP contribution in [0.4, 0.5) is 0 Å². The lowest BCUT2D eigenvalue weighted by Gasteiger charge is -2.32. The molecule has 3 heterocycles. The minimum absolute atomic E-state index is 0.165. The predicted molar refractivity (Wildman–Crippen MR) is 116 cm³/mol. The van der Waals surface area contributed by atoms with Gasteiger partial charge in [0.25, 0.3) is 0 Å². The van der Waals surface area contributed by atoms with E-state index in [9.17, 15) is 0 Å². The fourth-order valence-electron chi connectivity index (χ4n) is 4.83. The highest BCUT2D eigenvalue weighted by Gasteiger charge is 2.43. The van der Waals surface area contributed by atoms with E-state index in [1.807, 2.05) is 18.6 Å². The van der Waals surface area contributed by atoms with Crippen molar-refractivity contribution in [1.82, 2.24) is 15.0 Å². The molecule has 0 fully saturated rings. The van der Waals surface area contributed by atoms with Crippen LogP contribution in [-0.2, 0) is 18.3 Å². The lowest BCUT2D eigenvalue weighted by atomic mass is 9.70. The van der Waals surface area contributed by atoms with E-state index in [0.29, 0.717) is 0 Å². The average molecular weight is 377 g/mol. The van der Waals surface area contributed by atoms with E-state index in [0.717, 1.165) is 29.9 Å². The molecule has 0 N–H and O–H groups in total. The molecule has 1 aliphatic carbocycles. The summed E-state index contributed by atoms with van der Waals surface area (Å²) in [5.74, 6) is 0. The number of rotatable bonds is 4. The highest BCUT2D eigenvalue weighted by atomic mass is 14.7. The second-order valence-corrected chi connectivity index (χ2v) is 7.99. The Hall–Kier alpha value is -3.33. The van der Waals surface area contributed by atoms with Crippen LogP contribution in [0.1, 0.15) is 33.6 Å². The maximum atomic E-state index is 4.79. The fraction of sp³-hybridized carbons (Fsp3) is 0.192. The lowest BCUT2D eigenvalue weighted by molar-refractivity contribution is 0.518. The van der Waals surface area contributed by atoms with E-state index >= 15 is 0 Å². The molecule has 0 aliphatic heterocycles. The van der Waals surface area contributed by atoms with Gasteiger partial charge in [0.2, 0.25) is 0 Å². The molecular weight excluding hydrogens is 354 g/mol. The standard InChI is InChI=1S/C26H23N3/c1-18-14-20(9-12-27-18)16-26(17-21-10-13-28-19(2)15-21)23-7-4-3-6-22(23)25-24(26)8-5-11-29-25/h3-15H,16-17H2,1-2H3. The Morgan fingerprint density at radius 1 is 0.655 bits per heavy atom. The molecule has 3 aromatic heterocycles. The second kappa shape index (κ2) is 6.93. The van der Waals surface area contributed by atoms with E-state index in [-0.39, 0.29) is 5.41 Å². The molecule has 0 radical (unpaired) electrons. The molecule has 4 aromatic rings. The fourth-order valence-corrected chi connectivity index (χ4v) is 4.83. The number of nitrogens with zero attached hydrogens (tertiary/aromatic N) is 3. The third-order valence-corrected chi connectivity index (χ3v) is 5.95. The molecule has 3 heteroatoms. The summed E-state index contributed by atoms with van der Waals surface area (Å²) in [6, 6.07) is 21.8. The summed E-state index contributed by atoms with van der Waals surface area (Å²) in [5, 5.41) is 0. The molecule has 1 aromatic carbocycles. The van der Waals surface area contributed by atoms with Crippen molar-refractivity contribution >= 4 is 0 Å². The molecule has 1 aliphatic rings. The van der Waals surface area contributed by atoms with E-state index in [1.54, 1.807) is 0 Å². The first-order valence-corrected chi connectivity index (χ1v) is 10.0. The summed E-state index contributed by atoms with van der Waals surface area (Å²) in [6.45, 7) is 4.11. The van der Waals surface area contributed by atoms with Crippen LogP contribution < -0.4 is 0 Å². The van der Waals surface area contributed by atoms with Crippen LogP contribution in [0.3, 0.4) is 0 Å². The molecule has 0 bridgehead atoms. The van der Waals surface area contributed by atoms with Crippen molar-refractivity contribution in [2.45, 2.75) is 32.1 Å². The van der Waals surface area contributed by atoms with Gasteiger partial charge in [-0.1, -0.05) is 30.3 Å². The zero-order chi connectivity index (χ0) is 19.8. The van der Waals surface area contributed by atoms with Gasteiger partial charge in [0.15, 0.2) is 0 Å². The first-order chi connectivity index (χ1) is 14.2. The van der Waals surface area contributed by atoms with Gasteiger partial charge in [0, 0.05) is 41.0 Å². The average Bonchev–Trinajstić information content (AvgIpc) is 2.99. The van der Waals surface area contributed by atoms with Gasteiger partial charge >= 0.3 is 0 Å². The minimum atomic E-state index is -0.165. The number of benzene rings is 1. The number of fused-ring (bicyclic) bond motifs is 3. The van der Waals surface area contributed by atoms with Crippen LogP contribution in [0.25, 0.3) is 11.3 Å². The lowest BCUT2D eigenvalue weighted by Crippen LogP contribution is -2.31.